The number of carbonyl (C=O) groups excluding carboxylic acids is 1. The fourth-order valence-electron chi connectivity index (χ4n) is 2.65. The third-order valence-corrected chi connectivity index (χ3v) is 4.96. The molecule has 1 atom stereocenters. The summed E-state index contributed by atoms with van der Waals surface area (Å²) in [5.41, 5.74) is 0.706. The molecule has 132 valence electrons. The van der Waals surface area contributed by atoms with Gasteiger partial charge in [-0.1, -0.05) is 18.2 Å². The number of nitrogens with zero attached hydrogens (tertiary/aromatic N) is 1. The van der Waals surface area contributed by atoms with Crippen molar-refractivity contribution < 1.29 is 22.3 Å². The fraction of sp³-hybridized carbons (Fsp3) is 0.235. The van der Waals surface area contributed by atoms with Crippen molar-refractivity contribution in [2.45, 2.75) is 12.5 Å². The first-order chi connectivity index (χ1) is 11.8. The summed E-state index contributed by atoms with van der Waals surface area (Å²) < 4.78 is 44.3. The van der Waals surface area contributed by atoms with Gasteiger partial charge < -0.3 is 10.1 Å². The van der Waals surface area contributed by atoms with Gasteiger partial charge in [-0.05, 0) is 30.3 Å². The van der Waals surface area contributed by atoms with Crippen molar-refractivity contribution in [3.8, 4) is 5.75 Å². The molecule has 0 aliphatic carbocycles. The lowest BCUT2D eigenvalue weighted by atomic mass is 10.2. The number of halogens is 1. The maximum atomic E-state index is 13.2. The molecule has 8 heteroatoms. The second-order valence-electron chi connectivity index (χ2n) is 5.70. The van der Waals surface area contributed by atoms with E-state index in [4.69, 9.17) is 4.74 Å². The topological polar surface area (TPSA) is 75.7 Å². The van der Waals surface area contributed by atoms with Crippen LogP contribution < -0.4 is 14.4 Å². The lowest BCUT2D eigenvalue weighted by molar-refractivity contribution is -0.122. The van der Waals surface area contributed by atoms with Gasteiger partial charge >= 0.3 is 0 Å². The molecule has 1 amide bonds. The third kappa shape index (κ3) is 3.90. The van der Waals surface area contributed by atoms with Crippen LogP contribution in [0.1, 0.15) is 6.42 Å². The number of para-hydroxylation sites is 2. The predicted molar refractivity (Wildman–Crippen MR) is 92.7 cm³/mol. The molecule has 0 saturated carbocycles. The van der Waals surface area contributed by atoms with Crippen molar-refractivity contribution >= 4 is 27.3 Å². The Morgan fingerprint density at radius 3 is 2.72 bits per heavy atom. The molecule has 1 heterocycles. The number of hydrogen-bond acceptors (Lipinski definition) is 4. The van der Waals surface area contributed by atoms with Gasteiger partial charge in [0.2, 0.25) is 10.0 Å². The predicted octanol–water partition coefficient (Wildman–Crippen LogP) is 2.38. The highest BCUT2D eigenvalue weighted by Crippen LogP contribution is 2.34. The molecule has 0 aromatic heterocycles. The SMILES string of the molecule is CS(=O)(=O)N1CCC(C(=O)Nc2cccc(F)c2)Oc2ccccc21. The molecule has 1 aliphatic heterocycles. The normalized spacial score (nSPS) is 17.2. The van der Waals surface area contributed by atoms with Crippen LogP contribution in [0.3, 0.4) is 0 Å². The smallest absolute Gasteiger partial charge is 0.265 e. The van der Waals surface area contributed by atoms with Gasteiger partial charge in [-0.15, -0.1) is 0 Å². The molecule has 2 aromatic rings. The zero-order chi connectivity index (χ0) is 18.0. The molecule has 1 unspecified atom stereocenters. The van der Waals surface area contributed by atoms with E-state index >= 15 is 0 Å². The van der Waals surface area contributed by atoms with E-state index in [1.165, 1.54) is 22.5 Å². The number of amides is 1. The van der Waals surface area contributed by atoms with E-state index in [2.05, 4.69) is 5.32 Å². The molecule has 1 aliphatic rings. The zero-order valence-electron chi connectivity index (χ0n) is 13.5. The van der Waals surface area contributed by atoms with Crippen LogP contribution in [-0.2, 0) is 14.8 Å². The highest BCUT2D eigenvalue weighted by Gasteiger charge is 2.31. The first-order valence-electron chi connectivity index (χ1n) is 7.64. The van der Waals surface area contributed by atoms with E-state index in [9.17, 15) is 17.6 Å². The van der Waals surface area contributed by atoms with E-state index in [0.29, 0.717) is 17.1 Å². The molecule has 0 saturated heterocycles. The molecule has 0 radical (unpaired) electrons. The number of ether oxygens (including phenoxy) is 1. The second kappa shape index (κ2) is 6.72. The molecular weight excluding hydrogens is 347 g/mol. The summed E-state index contributed by atoms with van der Waals surface area (Å²) in [6, 6.07) is 12.2. The summed E-state index contributed by atoms with van der Waals surface area (Å²) >= 11 is 0. The van der Waals surface area contributed by atoms with Gasteiger partial charge in [-0.25, -0.2) is 12.8 Å². The molecule has 1 N–H and O–H groups in total. The number of rotatable bonds is 3. The summed E-state index contributed by atoms with van der Waals surface area (Å²) in [7, 11) is -3.50. The first-order valence-corrected chi connectivity index (χ1v) is 9.49. The standard InChI is InChI=1S/C17H17FN2O4S/c1-25(22,23)20-10-9-16(24-15-8-3-2-7-14(15)20)17(21)19-13-6-4-5-12(18)11-13/h2-8,11,16H,9-10H2,1H3,(H,19,21). The minimum atomic E-state index is -3.50. The van der Waals surface area contributed by atoms with Crippen molar-refractivity contribution in [2.24, 2.45) is 0 Å². The number of sulfonamides is 1. The molecule has 3 rings (SSSR count). The van der Waals surface area contributed by atoms with Crippen molar-refractivity contribution in [3.05, 3.63) is 54.3 Å². The van der Waals surface area contributed by atoms with E-state index in [1.807, 2.05) is 0 Å². The number of anilines is 2. The number of hydrogen-bond donors (Lipinski definition) is 1. The Kier molecular flexibility index (Phi) is 4.63. The van der Waals surface area contributed by atoms with Crippen molar-refractivity contribution in [1.29, 1.82) is 0 Å². The quantitative estimate of drug-likeness (QED) is 0.907. The summed E-state index contributed by atoms with van der Waals surface area (Å²) in [5, 5.41) is 2.59. The van der Waals surface area contributed by atoms with Gasteiger partial charge in [-0.2, -0.15) is 0 Å². The van der Waals surface area contributed by atoms with Crippen LogP contribution in [0.4, 0.5) is 15.8 Å². The van der Waals surface area contributed by atoms with Crippen molar-refractivity contribution in [1.82, 2.24) is 0 Å². The number of carbonyl (C=O) groups is 1. The van der Waals surface area contributed by atoms with Crippen molar-refractivity contribution in [2.75, 3.05) is 22.4 Å². The van der Waals surface area contributed by atoms with Gasteiger partial charge in [0.05, 0.1) is 11.9 Å². The average Bonchev–Trinajstić information content (AvgIpc) is 2.74. The Morgan fingerprint density at radius 1 is 1.24 bits per heavy atom. The highest BCUT2D eigenvalue weighted by molar-refractivity contribution is 7.92. The Labute approximate surface area is 145 Å². The summed E-state index contributed by atoms with van der Waals surface area (Å²) in [6.07, 6.45) is 0.385. The maximum absolute atomic E-state index is 13.2. The van der Waals surface area contributed by atoms with E-state index < -0.39 is 27.9 Å². The highest BCUT2D eigenvalue weighted by atomic mass is 32.2. The summed E-state index contributed by atoms with van der Waals surface area (Å²) in [5.74, 6) is -0.617. The maximum Gasteiger partial charge on any atom is 0.265 e. The van der Waals surface area contributed by atoms with Crippen LogP contribution in [0.25, 0.3) is 0 Å². The van der Waals surface area contributed by atoms with Crippen LogP contribution >= 0.6 is 0 Å². The van der Waals surface area contributed by atoms with Crippen LogP contribution in [0.2, 0.25) is 0 Å². The van der Waals surface area contributed by atoms with E-state index in [-0.39, 0.29) is 13.0 Å². The molecular formula is C17H17FN2O4S. The summed E-state index contributed by atoms with van der Waals surface area (Å²) in [4.78, 5) is 12.5. The van der Waals surface area contributed by atoms with Crippen LogP contribution in [0.5, 0.6) is 5.75 Å². The summed E-state index contributed by atoms with van der Waals surface area (Å²) in [6.45, 7) is 0.108. The number of benzene rings is 2. The molecule has 0 spiro atoms. The molecule has 2 aromatic carbocycles. The molecule has 0 fully saturated rings. The average molecular weight is 364 g/mol. The number of fused-ring (bicyclic) bond motifs is 1. The van der Waals surface area contributed by atoms with Gasteiger partial charge in [-0.3, -0.25) is 9.10 Å². The number of nitrogens with one attached hydrogen (secondary N) is 1. The zero-order valence-corrected chi connectivity index (χ0v) is 14.3. The van der Waals surface area contributed by atoms with E-state index in [1.54, 1.807) is 30.3 Å². The van der Waals surface area contributed by atoms with Gasteiger partial charge in [0.15, 0.2) is 6.10 Å². The fourth-order valence-corrected chi connectivity index (χ4v) is 3.59. The van der Waals surface area contributed by atoms with Gasteiger partial charge in [0, 0.05) is 18.7 Å². The molecule has 6 nitrogen and oxygen atoms in total. The largest absolute Gasteiger partial charge is 0.478 e. The Hall–Kier alpha value is -2.61. The monoisotopic (exact) mass is 364 g/mol. The van der Waals surface area contributed by atoms with Crippen LogP contribution in [0.15, 0.2) is 48.5 Å². The Balaban J connectivity index is 1.85. The Bertz CT molecular complexity index is 901. The minimum Gasteiger partial charge on any atom is -0.478 e. The van der Waals surface area contributed by atoms with Gasteiger partial charge in [0.1, 0.15) is 11.6 Å². The lowest BCUT2D eigenvalue weighted by Crippen LogP contribution is -2.35. The van der Waals surface area contributed by atoms with E-state index in [0.717, 1.165) is 6.26 Å². The Morgan fingerprint density at radius 2 is 2.00 bits per heavy atom. The lowest BCUT2D eigenvalue weighted by Gasteiger charge is -2.20. The van der Waals surface area contributed by atoms with Gasteiger partial charge in [0.25, 0.3) is 5.91 Å². The third-order valence-electron chi connectivity index (χ3n) is 3.78. The van der Waals surface area contributed by atoms with Crippen molar-refractivity contribution in [3.63, 3.8) is 0 Å². The molecule has 0 bridgehead atoms. The minimum absolute atomic E-state index is 0.108. The van der Waals surface area contributed by atoms with Crippen LogP contribution in [0, 0.1) is 5.82 Å². The molecule has 25 heavy (non-hydrogen) atoms. The second-order valence-corrected chi connectivity index (χ2v) is 7.60. The van der Waals surface area contributed by atoms with Crippen LogP contribution in [-0.4, -0.2) is 33.2 Å². The first kappa shape index (κ1) is 17.2.